The standard InChI is InChI=1S/C12H19BrN2O5S/c1-2-15-3-4-19-10(7-15)6-14-21(17,18)11-5-9(8-16)20-12(11)13/h5,10,14,16H,2-4,6-8H2,1H3. The molecule has 0 spiro atoms. The van der Waals surface area contributed by atoms with E-state index in [2.05, 4.69) is 32.5 Å². The number of furan rings is 1. The van der Waals surface area contributed by atoms with Gasteiger partial charge in [-0.15, -0.1) is 0 Å². The fourth-order valence-corrected chi connectivity index (χ4v) is 4.19. The van der Waals surface area contributed by atoms with E-state index in [0.29, 0.717) is 13.2 Å². The minimum Gasteiger partial charge on any atom is -0.450 e. The summed E-state index contributed by atoms with van der Waals surface area (Å²) in [6.07, 6.45) is -0.170. The van der Waals surface area contributed by atoms with E-state index < -0.39 is 10.0 Å². The number of nitrogens with zero attached hydrogens (tertiary/aromatic N) is 1. The van der Waals surface area contributed by atoms with Crippen LogP contribution in [0, 0.1) is 0 Å². The van der Waals surface area contributed by atoms with Crippen LogP contribution in [0.3, 0.4) is 0 Å². The van der Waals surface area contributed by atoms with Gasteiger partial charge in [0.15, 0.2) is 4.67 Å². The largest absolute Gasteiger partial charge is 0.450 e. The van der Waals surface area contributed by atoms with E-state index in [1.54, 1.807) is 0 Å². The van der Waals surface area contributed by atoms with Crippen molar-refractivity contribution in [2.75, 3.05) is 32.8 Å². The van der Waals surface area contributed by atoms with Crippen LogP contribution in [0.5, 0.6) is 0 Å². The smallest absolute Gasteiger partial charge is 0.245 e. The molecule has 0 bridgehead atoms. The number of nitrogens with one attached hydrogen (secondary N) is 1. The highest BCUT2D eigenvalue weighted by atomic mass is 79.9. The van der Waals surface area contributed by atoms with Crippen LogP contribution in [0.1, 0.15) is 12.7 Å². The molecule has 2 heterocycles. The molecular weight excluding hydrogens is 364 g/mol. The predicted octanol–water partition coefficient (Wildman–Crippen LogP) is 0.533. The summed E-state index contributed by atoms with van der Waals surface area (Å²) in [5, 5.41) is 8.98. The van der Waals surface area contributed by atoms with Crippen molar-refractivity contribution in [3.63, 3.8) is 0 Å². The lowest BCUT2D eigenvalue weighted by Gasteiger charge is -2.32. The molecule has 0 aliphatic carbocycles. The minimum atomic E-state index is -3.70. The van der Waals surface area contributed by atoms with Gasteiger partial charge in [-0.25, -0.2) is 13.1 Å². The Balaban J connectivity index is 1.99. The van der Waals surface area contributed by atoms with E-state index in [-0.39, 0.29) is 34.6 Å². The maximum Gasteiger partial charge on any atom is 0.245 e. The molecule has 0 aromatic carbocycles. The first kappa shape index (κ1) is 16.9. The summed E-state index contributed by atoms with van der Waals surface area (Å²) in [6, 6.07) is 1.30. The van der Waals surface area contributed by atoms with Crippen molar-refractivity contribution in [3.8, 4) is 0 Å². The summed E-state index contributed by atoms with van der Waals surface area (Å²) in [6.45, 7) is 4.99. The molecule has 1 aliphatic rings. The molecule has 1 fully saturated rings. The van der Waals surface area contributed by atoms with Gasteiger partial charge in [0.2, 0.25) is 10.0 Å². The SMILES string of the molecule is CCN1CCOC(CNS(=O)(=O)c2cc(CO)oc2Br)C1. The minimum absolute atomic E-state index is 0.0188. The number of rotatable bonds is 6. The second kappa shape index (κ2) is 7.21. The van der Waals surface area contributed by atoms with Crippen LogP contribution in [0.2, 0.25) is 0 Å². The molecule has 1 aromatic heterocycles. The van der Waals surface area contributed by atoms with Crippen molar-refractivity contribution in [1.29, 1.82) is 0 Å². The Morgan fingerprint density at radius 1 is 1.57 bits per heavy atom. The van der Waals surface area contributed by atoms with Gasteiger partial charge in [-0.1, -0.05) is 6.92 Å². The highest BCUT2D eigenvalue weighted by Crippen LogP contribution is 2.26. The molecule has 0 saturated carbocycles. The molecule has 1 aromatic rings. The highest BCUT2D eigenvalue weighted by Gasteiger charge is 2.25. The third kappa shape index (κ3) is 4.27. The maximum atomic E-state index is 12.2. The first-order valence-corrected chi connectivity index (χ1v) is 8.96. The van der Waals surface area contributed by atoms with Gasteiger partial charge < -0.3 is 14.3 Å². The first-order chi connectivity index (χ1) is 9.96. The van der Waals surface area contributed by atoms with Gasteiger partial charge in [-0.3, -0.25) is 4.90 Å². The molecule has 1 unspecified atom stereocenters. The van der Waals surface area contributed by atoms with E-state index in [9.17, 15) is 8.42 Å². The first-order valence-electron chi connectivity index (χ1n) is 6.69. The van der Waals surface area contributed by atoms with E-state index in [1.165, 1.54) is 6.07 Å². The third-order valence-corrected chi connectivity index (χ3v) is 5.60. The molecule has 7 nitrogen and oxygen atoms in total. The van der Waals surface area contributed by atoms with E-state index in [4.69, 9.17) is 14.3 Å². The second-order valence-electron chi connectivity index (χ2n) is 4.75. The molecule has 0 radical (unpaired) electrons. The summed E-state index contributed by atoms with van der Waals surface area (Å²) in [7, 11) is -3.70. The number of halogens is 1. The van der Waals surface area contributed by atoms with Crippen molar-refractivity contribution in [1.82, 2.24) is 9.62 Å². The van der Waals surface area contributed by atoms with Crippen LogP contribution in [0.15, 0.2) is 20.0 Å². The van der Waals surface area contributed by atoms with E-state index in [0.717, 1.165) is 13.1 Å². The van der Waals surface area contributed by atoms with Crippen molar-refractivity contribution in [2.24, 2.45) is 0 Å². The van der Waals surface area contributed by atoms with Gasteiger partial charge in [0.05, 0.1) is 12.7 Å². The number of aliphatic hydroxyl groups is 1. The van der Waals surface area contributed by atoms with Crippen molar-refractivity contribution >= 4 is 26.0 Å². The number of aliphatic hydroxyl groups excluding tert-OH is 1. The summed E-state index contributed by atoms with van der Waals surface area (Å²) < 4.78 is 37.7. The molecule has 21 heavy (non-hydrogen) atoms. The number of ether oxygens (including phenoxy) is 1. The molecule has 1 aliphatic heterocycles. The fraction of sp³-hybridized carbons (Fsp3) is 0.667. The van der Waals surface area contributed by atoms with Gasteiger partial charge in [0.25, 0.3) is 0 Å². The average molecular weight is 383 g/mol. The number of sulfonamides is 1. The highest BCUT2D eigenvalue weighted by molar-refractivity contribution is 9.10. The Kier molecular flexibility index (Phi) is 5.81. The van der Waals surface area contributed by atoms with Crippen LogP contribution in [-0.4, -0.2) is 57.3 Å². The summed E-state index contributed by atoms with van der Waals surface area (Å²) in [5.74, 6) is 0.188. The van der Waals surface area contributed by atoms with Crippen LogP contribution < -0.4 is 4.72 Å². The molecule has 120 valence electrons. The lowest BCUT2D eigenvalue weighted by atomic mass is 10.3. The maximum absolute atomic E-state index is 12.2. The average Bonchev–Trinajstić information content (AvgIpc) is 2.87. The van der Waals surface area contributed by atoms with Gasteiger partial charge in [0, 0.05) is 25.7 Å². The fourth-order valence-electron chi connectivity index (χ4n) is 2.13. The van der Waals surface area contributed by atoms with Crippen molar-refractivity contribution in [3.05, 3.63) is 16.5 Å². The van der Waals surface area contributed by atoms with Gasteiger partial charge in [-0.2, -0.15) is 0 Å². The molecular formula is C12H19BrN2O5S. The van der Waals surface area contributed by atoms with Crippen LogP contribution >= 0.6 is 15.9 Å². The lowest BCUT2D eigenvalue weighted by Crippen LogP contribution is -2.47. The molecule has 1 atom stereocenters. The van der Waals surface area contributed by atoms with E-state index >= 15 is 0 Å². The second-order valence-corrected chi connectivity index (χ2v) is 7.20. The lowest BCUT2D eigenvalue weighted by molar-refractivity contribution is -0.0229. The van der Waals surface area contributed by atoms with E-state index in [1.807, 2.05) is 0 Å². The zero-order valence-electron chi connectivity index (χ0n) is 11.7. The Morgan fingerprint density at radius 3 is 2.95 bits per heavy atom. The summed E-state index contributed by atoms with van der Waals surface area (Å²) >= 11 is 3.04. The van der Waals surface area contributed by atoms with Crippen molar-refractivity contribution < 1.29 is 22.7 Å². The topological polar surface area (TPSA) is 92.0 Å². The predicted molar refractivity (Wildman–Crippen MR) is 79.4 cm³/mol. The monoisotopic (exact) mass is 382 g/mol. The zero-order chi connectivity index (χ0) is 15.5. The zero-order valence-corrected chi connectivity index (χ0v) is 14.1. The van der Waals surface area contributed by atoms with Crippen LogP contribution in [-0.2, 0) is 21.4 Å². The molecule has 9 heteroatoms. The molecule has 1 saturated heterocycles. The third-order valence-electron chi connectivity index (χ3n) is 3.32. The van der Waals surface area contributed by atoms with Gasteiger partial charge in [0.1, 0.15) is 17.3 Å². The number of hydrogen-bond acceptors (Lipinski definition) is 6. The molecule has 2 N–H and O–H groups in total. The Bertz CT molecular complexity index is 574. The quantitative estimate of drug-likeness (QED) is 0.745. The summed E-state index contributed by atoms with van der Waals surface area (Å²) in [5.41, 5.74) is 0. The number of likely N-dealkylation sites (N-methyl/N-ethyl adjacent to an activating group) is 1. The van der Waals surface area contributed by atoms with Gasteiger partial charge in [-0.05, 0) is 22.5 Å². The Morgan fingerprint density at radius 2 is 2.33 bits per heavy atom. The summed E-state index contributed by atoms with van der Waals surface area (Å²) in [4.78, 5) is 2.19. The van der Waals surface area contributed by atoms with Crippen LogP contribution in [0.4, 0.5) is 0 Å². The number of hydrogen-bond donors (Lipinski definition) is 2. The Labute approximate surface area is 132 Å². The molecule has 2 rings (SSSR count). The van der Waals surface area contributed by atoms with Crippen molar-refractivity contribution in [2.45, 2.75) is 24.5 Å². The Hall–Kier alpha value is -0.450. The normalized spacial score (nSPS) is 20.8. The van der Waals surface area contributed by atoms with Gasteiger partial charge >= 0.3 is 0 Å². The molecule has 0 amide bonds. The van der Waals surface area contributed by atoms with Crippen LogP contribution in [0.25, 0.3) is 0 Å². The number of morpholine rings is 1.